The van der Waals surface area contributed by atoms with Crippen molar-refractivity contribution in [1.82, 2.24) is 4.90 Å². The Bertz CT molecular complexity index is 192. The summed E-state index contributed by atoms with van der Waals surface area (Å²) in [5.41, 5.74) is 6.35. The quantitative estimate of drug-likeness (QED) is 0.761. The first-order chi connectivity index (χ1) is 7.26. The van der Waals surface area contributed by atoms with Crippen molar-refractivity contribution in [1.29, 1.82) is 0 Å². The van der Waals surface area contributed by atoms with Gasteiger partial charge in [-0.05, 0) is 44.7 Å². The highest BCUT2D eigenvalue weighted by molar-refractivity contribution is 4.92. The molecule has 0 atom stereocenters. The smallest absolute Gasteiger partial charge is 0.0480 e. The van der Waals surface area contributed by atoms with E-state index in [4.69, 9.17) is 10.5 Å². The van der Waals surface area contributed by atoms with Crippen LogP contribution in [0.5, 0.6) is 0 Å². The summed E-state index contributed by atoms with van der Waals surface area (Å²) in [4.78, 5) is 2.52. The van der Waals surface area contributed by atoms with Crippen LogP contribution in [0.2, 0.25) is 0 Å². The zero-order valence-corrected chi connectivity index (χ0v) is 9.87. The zero-order chi connectivity index (χ0) is 10.7. The van der Waals surface area contributed by atoms with Crippen molar-refractivity contribution in [2.75, 3.05) is 33.4 Å². The van der Waals surface area contributed by atoms with Crippen LogP contribution in [0.4, 0.5) is 0 Å². The van der Waals surface area contributed by atoms with Gasteiger partial charge in [-0.25, -0.2) is 0 Å². The second-order valence-corrected chi connectivity index (χ2v) is 5.32. The van der Waals surface area contributed by atoms with E-state index in [1.807, 2.05) is 0 Å². The van der Waals surface area contributed by atoms with Gasteiger partial charge in [0.15, 0.2) is 0 Å². The zero-order valence-electron chi connectivity index (χ0n) is 9.87. The molecule has 2 rings (SSSR count). The van der Waals surface area contributed by atoms with Crippen LogP contribution in [0.15, 0.2) is 0 Å². The van der Waals surface area contributed by atoms with Crippen molar-refractivity contribution >= 4 is 0 Å². The minimum Gasteiger partial charge on any atom is -0.381 e. The summed E-state index contributed by atoms with van der Waals surface area (Å²) < 4.78 is 5.40. The number of ether oxygens (including phenoxy) is 1. The molecule has 1 aliphatic heterocycles. The Balaban J connectivity index is 1.82. The predicted molar refractivity (Wildman–Crippen MR) is 61.8 cm³/mol. The summed E-state index contributed by atoms with van der Waals surface area (Å²) in [5, 5.41) is 0. The fourth-order valence-electron chi connectivity index (χ4n) is 2.89. The maximum absolute atomic E-state index is 5.90. The van der Waals surface area contributed by atoms with Crippen molar-refractivity contribution in [2.45, 2.75) is 38.1 Å². The molecule has 0 radical (unpaired) electrons. The Kier molecular flexibility index (Phi) is 3.65. The molecule has 0 aromatic heterocycles. The fourth-order valence-corrected chi connectivity index (χ4v) is 2.89. The van der Waals surface area contributed by atoms with Crippen LogP contribution in [0.1, 0.15) is 32.1 Å². The second-order valence-electron chi connectivity index (χ2n) is 5.32. The third kappa shape index (κ3) is 2.52. The maximum atomic E-state index is 5.90. The van der Waals surface area contributed by atoms with Gasteiger partial charge in [-0.2, -0.15) is 0 Å². The van der Waals surface area contributed by atoms with Gasteiger partial charge in [0.25, 0.3) is 0 Å². The van der Waals surface area contributed by atoms with E-state index in [0.29, 0.717) is 5.41 Å². The van der Waals surface area contributed by atoms with Crippen LogP contribution < -0.4 is 5.73 Å². The molecule has 0 unspecified atom stereocenters. The molecule has 15 heavy (non-hydrogen) atoms. The molecular formula is C12H24N2O. The van der Waals surface area contributed by atoms with Gasteiger partial charge in [-0.15, -0.1) is 0 Å². The Hall–Kier alpha value is -0.120. The van der Waals surface area contributed by atoms with E-state index in [9.17, 15) is 0 Å². The molecule has 3 nitrogen and oxygen atoms in total. The number of nitrogens with two attached hydrogens (primary N) is 1. The molecule has 2 N–H and O–H groups in total. The summed E-state index contributed by atoms with van der Waals surface area (Å²) >= 11 is 0. The van der Waals surface area contributed by atoms with Crippen molar-refractivity contribution in [2.24, 2.45) is 11.1 Å². The van der Waals surface area contributed by atoms with E-state index in [1.54, 1.807) is 0 Å². The lowest BCUT2D eigenvalue weighted by atomic mass is 9.68. The lowest BCUT2D eigenvalue weighted by Crippen LogP contribution is -2.49. The van der Waals surface area contributed by atoms with Gasteiger partial charge in [0.2, 0.25) is 0 Å². The standard InChI is InChI=1S/C12H24N2O/c1-14(11-3-7-15-8-4-11)10-12(9-13)5-2-6-12/h11H,2-10,13H2,1H3. The third-order valence-corrected chi connectivity index (χ3v) is 4.25. The highest BCUT2D eigenvalue weighted by Crippen LogP contribution is 2.40. The van der Waals surface area contributed by atoms with Crippen molar-refractivity contribution < 1.29 is 4.74 Å². The van der Waals surface area contributed by atoms with Gasteiger partial charge in [0.1, 0.15) is 0 Å². The van der Waals surface area contributed by atoms with Crippen LogP contribution in [-0.4, -0.2) is 44.3 Å². The summed E-state index contributed by atoms with van der Waals surface area (Å²) in [6.45, 7) is 3.92. The van der Waals surface area contributed by atoms with Gasteiger partial charge in [0, 0.05) is 25.8 Å². The largest absolute Gasteiger partial charge is 0.381 e. The first-order valence-electron chi connectivity index (χ1n) is 6.24. The van der Waals surface area contributed by atoms with Crippen molar-refractivity contribution in [3.63, 3.8) is 0 Å². The second kappa shape index (κ2) is 4.81. The van der Waals surface area contributed by atoms with E-state index < -0.39 is 0 Å². The lowest BCUT2D eigenvalue weighted by Gasteiger charge is -2.45. The van der Waals surface area contributed by atoms with E-state index in [1.165, 1.54) is 38.6 Å². The number of hydrogen-bond acceptors (Lipinski definition) is 3. The van der Waals surface area contributed by atoms with Gasteiger partial charge >= 0.3 is 0 Å². The molecule has 2 aliphatic rings. The minimum absolute atomic E-state index is 0.451. The Morgan fingerprint density at radius 1 is 1.33 bits per heavy atom. The van der Waals surface area contributed by atoms with Crippen molar-refractivity contribution in [3.8, 4) is 0 Å². The molecule has 1 saturated heterocycles. The molecule has 2 fully saturated rings. The van der Waals surface area contributed by atoms with Gasteiger partial charge in [-0.3, -0.25) is 0 Å². The topological polar surface area (TPSA) is 38.5 Å². The van der Waals surface area contributed by atoms with E-state index in [2.05, 4.69) is 11.9 Å². The van der Waals surface area contributed by atoms with E-state index in [-0.39, 0.29) is 0 Å². The summed E-state index contributed by atoms with van der Waals surface area (Å²) in [7, 11) is 2.26. The summed E-state index contributed by atoms with van der Waals surface area (Å²) in [5.74, 6) is 0. The third-order valence-electron chi connectivity index (χ3n) is 4.25. The van der Waals surface area contributed by atoms with Crippen LogP contribution >= 0.6 is 0 Å². The molecule has 3 heteroatoms. The van der Waals surface area contributed by atoms with Gasteiger partial charge in [0.05, 0.1) is 0 Å². The fraction of sp³-hybridized carbons (Fsp3) is 1.00. The molecular weight excluding hydrogens is 188 g/mol. The number of rotatable bonds is 4. The average Bonchev–Trinajstić information content (AvgIpc) is 2.24. The highest BCUT2D eigenvalue weighted by Gasteiger charge is 2.37. The van der Waals surface area contributed by atoms with Crippen LogP contribution in [0.3, 0.4) is 0 Å². The molecule has 0 aromatic carbocycles. The molecule has 0 aromatic rings. The van der Waals surface area contributed by atoms with Crippen LogP contribution in [0, 0.1) is 5.41 Å². The van der Waals surface area contributed by atoms with Gasteiger partial charge < -0.3 is 15.4 Å². The van der Waals surface area contributed by atoms with Crippen LogP contribution in [-0.2, 0) is 4.74 Å². The average molecular weight is 212 g/mol. The lowest BCUT2D eigenvalue weighted by molar-refractivity contribution is 0.0109. The molecule has 0 bridgehead atoms. The SMILES string of the molecule is CN(CC1(CN)CCC1)C1CCOCC1. The van der Waals surface area contributed by atoms with E-state index in [0.717, 1.165) is 25.8 Å². The maximum Gasteiger partial charge on any atom is 0.0480 e. The molecule has 1 saturated carbocycles. The van der Waals surface area contributed by atoms with Crippen LogP contribution in [0.25, 0.3) is 0 Å². The normalized spacial score (nSPS) is 26.6. The molecule has 1 aliphatic carbocycles. The van der Waals surface area contributed by atoms with E-state index >= 15 is 0 Å². The Morgan fingerprint density at radius 2 is 2.00 bits per heavy atom. The highest BCUT2D eigenvalue weighted by atomic mass is 16.5. The summed E-state index contributed by atoms with van der Waals surface area (Å²) in [6.07, 6.45) is 6.42. The van der Waals surface area contributed by atoms with Gasteiger partial charge in [-0.1, -0.05) is 6.42 Å². The minimum atomic E-state index is 0.451. The predicted octanol–water partition coefficient (Wildman–Crippen LogP) is 1.23. The Morgan fingerprint density at radius 3 is 2.47 bits per heavy atom. The van der Waals surface area contributed by atoms with Crippen molar-refractivity contribution in [3.05, 3.63) is 0 Å². The first kappa shape index (κ1) is 11.4. The number of hydrogen-bond donors (Lipinski definition) is 1. The monoisotopic (exact) mass is 212 g/mol. The molecule has 0 amide bonds. The molecule has 88 valence electrons. The first-order valence-corrected chi connectivity index (χ1v) is 6.24. The summed E-state index contributed by atoms with van der Waals surface area (Å²) in [6, 6.07) is 0.725. The Labute approximate surface area is 93.0 Å². The number of nitrogens with zero attached hydrogens (tertiary/aromatic N) is 1. The molecule has 1 heterocycles. The molecule has 0 spiro atoms.